The number of fused-ring (bicyclic) bond motifs is 2. The molecule has 7 rings (SSSR count). The van der Waals surface area contributed by atoms with Crippen LogP contribution in [0.1, 0.15) is 67.2 Å². The summed E-state index contributed by atoms with van der Waals surface area (Å²) in [7, 11) is 7.38. The van der Waals surface area contributed by atoms with Crippen molar-refractivity contribution in [3.63, 3.8) is 0 Å². The van der Waals surface area contributed by atoms with Crippen LogP contribution in [0, 0.1) is 0 Å². The summed E-state index contributed by atoms with van der Waals surface area (Å²) in [6.45, 7) is 7.41. The number of pyridine rings is 1. The standard InChI is InChI=1S/C53H68N10O10S/c1-7-38-50(69)62-22-12-15-39(62)51(70)60(6)41(29-34-17-19-37(20-18-34)58(3)4)52(71)63-31-36(32-74-28-27-61-25-23-59(5)24-26-61)43(65)30-40(63)47(66)57-45(35-13-9-8-10-14-35)53(72)73-33(2)44(48(67)55-38)56-49(68)46-42(64)16-11-21-54-46/h8-11,13-14,16-21,32-33,38-41,44-45,64H,7,12,15,22-31H2,1-6H3,(H,55,67)(H,56,68)(H,57,66)/b36-32-/t33-,38-,39+,40+,41+,44+,45+/m1/s1. The molecular formula is C53H68N10O10S. The van der Waals surface area contributed by atoms with Crippen molar-refractivity contribution in [2.45, 2.75) is 88.3 Å². The summed E-state index contributed by atoms with van der Waals surface area (Å²) in [6, 6.07) is 9.96. The van der Waals surface area contributed by atoms with Crippen LogP contribution in [0.25, 0.3) is 0 Å². The summed E-state index contributed by atoms with van der Waals surface area (Å²) in [5.41, 5.74) is 1.73. The van der Waals surface area contributed by atoms with Gasteiger partial charge in [0.15, 0.2) is 17.5 Å². The highest BCUT2D eigenvalue weighted by molar-refractivity contribution is 8.02. The zero-order chi connectivity index (χ0) is 53.2. The van der Waals surface area contributed by atoms with Gasteiger partial charge < -0.3 is 50.3 Å². The third-order valence-corrected chi connectivity index (χ3v) is 15.1. The summed E-state index contributed by atoms with van der Waals surface area (Å²) >= 11 is 1.44. The molecule has 5 heterocycles. The molecule has 4 aliphatic rings. The number of esters is 1. The van der Waals surface area contributed by atoms with E-state index in [1.165, 1.54) is 58.8 Å². The number of hydrogen-bond donors (Lipinski definition) is 4. The number of thioether (sulfide) groups is 1. The monoisotopic (exact) mass is 1040 g/mol. The molecule has 20 nitrogen and oxygen atoms in total. The second-order valence-corrected chi connectivity index (χ2v) is 20.5. The minimum atomic E-state index is -1.70. The Morgan fingerprint density at radius 2 is 1.58 bits per heavy atom. The van der Waals surface area contributed by atoms with Gasteiger partial charge in [0.25, 0.3) is 5.91 Å². The largest absolute Gasteiger partial charge is 0.505 e. The number of nitrogens with zero attached hydrogens (tertiary/aromatic N) is 7. The van der Waals surface area contributed by atoms with E-state index in [0.29, 0.717) is 23.3 Å². The molecule has 7 atom stereocenters. The van der Waals surface area contributed by atoms with Crippen LogP contribution in [-0.2, 0) is 44.7 Å². The van der Waals surface area contributed by atoms with Gasteiger partial charge in [0.1, 0.15) is 42.1 Å². The fourth-order valence-electron chi connectivity index (χ4n) is 9.65. The average Bonchev–Trinajstić information content (AvgIpc) is 3.89. The number of amides is 6. The van der Waals surface area contributed by atoms with Crippen molar-refractivity contribution in [2.75, 3.05) is 84.7 Å². The highest BCUT2D eigenvalue weighted by Crippen LogP contribution is 2.29. The van der Waals surface area contributed by atoms with Gasteiger partial charge in [-0.25, -0.2) is 9.78 Å². The number of piperidine rings is 1. The number of ether oxygens (including phenoxy) is 1. The molecule has 396 valence electrons. The van der Waals surface area contributed by atoms with Crippen LogP contribution in [0.4, 0.5) is 5.69 Å². The summed E-state index contributed by atoms with van der Waals surface area (Å²) in [6.07, 6.45) is 0.0617. The first-order chi connectivity index (χ1) is 35.4. The third-order valence-electron chi connectivity index (χ3n) is 14.2. The number of likely N-dealkylation sites (N-methyl/N-ethyl adjacent to an activating group) is 2. The predicted octanol–water partition coefficient (Wildman–Crippen LogP) is 1.74. The zero-order valence-electron chi connectivity index (χ0n) is 42.9. The molecule has 0 unspecified atom stereocenters. The van der Waals surface area contributed by atoms with E-state index in [9.17, 15) is 33.9 Å². The van der Waals surface area contributed by atoms with Gasteiger partial charge in [0.2, 0.25) is 29.5 Å². The van der Waals surface area contributed by atoms with Crippen LogP contribution in [0.3, 0.4) is 0 Å². The topological polar surface area (TPSA) is 234 Å². The Morgan fingerprint density at radius 1 is 0.865 bits per heavy atom. The number of hydrogen-bond acceptors (Lipinski definition) is 15. The van der Waals surface area contributed by atoms with Crippen LogP contribution >= 0.6 is 11.8 Å². The highest BCUT2D eigenvalue weighted by atomic mass is 32.2. The lowest BCUT2D eigenvalue weighted by Crippen LogP contribution is -2.61. The number of rotatable bonds is 11. The van der Waals surface area contributed by atoms with E-state index < -0.39 is 102 Å². The number of piperazine rings is 1. The van der Waals surface area contributed by atoms with Crippen LogP contribution < -0.4 is 20.9 Å². The normalized spacial score (nSPS) is 25.8. The number of ketones is 1. The van der Waals surface area contributed by atoms with Crippen molar-refractivity contribution in [1.82, 2.24) is 45.4 Å². The molecule has 6 amide bonds. The smallest absolute Gasteiger partial charge is 0.333 e. The number of anilines is 1. The van der Waals surface area contributed by atoms with Crippen LogP contribution in [0.5, 0.6) is 5.75 Å². The molecule has 74 heavy (non-hydrogen) atoms. The molecule has 1 aromatic heterocycles. The first-order valence-electron chi connectivity index (χ1n) is 25.1. The lowest BCUT2D eigenvalue weighted by atomic mass is 9.93. The number of carbonyl (C=O) groups excluding carboxylic acids is 8. The van der Waals surface area contributed by atoms with Gasteiger partial charge in [-0.2, -0.15) is 0 Å². The Morgan fingerprint density at radius 3 is 2.26 bits per heavy atom. The lowest BCUT2D eigenvalue weighted by Gasteiger charge is -2.40. The molecule has 0 saturated carbocycles. The Bertz CT molecular complexity index is 2580. The van der Waals surface area contributed by atoms with Gasteiger partial charge in [-0.1, -0.05) is 49.4 Å². The summed E-state index contributed by atoms with van der Waals surface area (Å²) in [5.74, 6) is -5.81. The van der Waals surface area contributed by atoms with E-state index in [4.69, 9.17) is 4.74 Å². The highest BCUT2D eigenvalue weighted by Gasteiger charge is 2.46. The van der Waals surface area contributed by atoms with E-state index in [2.05, 4.69) is 37.8 Å². The van der Waals surface area contributed by atoms with Crippen molar-refractivity contribution >= 4 is 64.6 Å². The molecule has 0 radical (unpaired) electrons. The van der Waals surface area contributed by atoms with Crippen molar-refractivity contribution in [3.8, 4) is 5.75 Å². The zero-order valence-corrected chi connectivity index (χ0v) is 43.7. The fraction of sp³-hybridized carbons (Fsp3) is 0.491. The summed E-state index contributed by atoms with van der Waals surface area (Å²) < 4.78 is 5.95. The van der Waals surface area contributed by atoms with E-state index >= 15 is 9.59 Å². The summed E-state index contributed by atoms with van der Waals surface area (Å²) in [4.78, 5) is 132. The number of aromatic hydroxyl groups is 1. The molecule has 4 aliphatic heterocycles. The molecule has 0 bridgehead atoms. The quantitative estimate of drug-likeness (QED) is 0.122. The molecule has 4 fully saturated rings. The van der Waals surface area contributed by atoms with E-state index in [0.717, 1.165) is 38.4 Å². The van der Waals surface area contributed by atoms with E-state index in [1.807, 2.05) is 43.3 Å². The van der Waals surface area contributed by atoms with Crippen molar-refractivity contribution in [1.29, 1.82) is 0 Å². The Hall–Kier alpha value is -6.84. The maximum Gasteiger partial charge on any atom is 0.333 e. The summed E-state index contributed by atoms with van der Waals surface area (Å²) in [5, 5.41) is 20.2. The van der Waals surface area contributed by atoms with Crippen LogP contribution in [0.2, 0.25) is 0 Å². The molecule has 0 spiro atoms. The van der Waals surface area contributed by atoms with Gasteiger partial charge in [-0.3, -0.25) is 38.5 Å². The molecule has 4 saturated heterocycles. The fourth-order valence-corrected chi connectivity index (χ4v) is 10.5. The van der Waals surface area contributed by atoms with Crippen molar-refractivity contribution < 1.29 is 48.2 Å². The second-order valence-electron chi connectivity index (χ2n) is 19.5. The predicted molar refractivity (Wildman–Crippen MR) is 278 cm³/mol. The Kier molecular flexibility index (Phi) is 18.5. The second kappa shape index (κ2) is 24.9. The molecule has 3 aromatic rings. The molecule has 21 heteroatoms. The van der Waals surface area contributed by atoms with Crippen molar-refractivity contribution in [3.05, 3.63) is 101 Å². The van der Waals surface area contributed by atoms with Gasteiger partial charge in [0, 0.05) is 96.5 Å². The van der Waals surface area contributed by atoms with Gasteiger partial charge in [0.05, 0.1) is 6.54 Å². The Balaban J connectivity index is 1.30. The number of Topliss-reactive ketones (excluding diaryl/α,β-unsaturated/α-hetero) is 1. The van der Waals surface area contributed by atoms with Crippen LogP contribution in [-0.4, -0.2) is 198 Å². The van der Waals surface area contributed by atoms with Gasteiger partial charge in [-0.05, 0) is 74.0 Å². The number of benzene rings is 2. The number of nitrogens with one attached hydrogen (secondary N) is 3. The number of cyclic esters (lactones) is 1. The van der Waals surface area contributed by atoms with E-state index in [1.54, 1.807) is 42.7 Å². The van der Waals surface area contributed by atoms with Crippen molar-refractivity contribution in [2.24, 2.45) is 0 Å². The third kappa shape index (κ3) is 13.1. The molecule has 4 N–H and O–H groups in total. The lowest BCUT2D eigenvalue weighted by molar-refractivity contribution is -0.156. The van der Waals surface area contributed by atoms with Gasteiger partial charge in [-0.15, -0.1) is 11.8 Å². The minimum absolute atomic E-state index is 0.000929. The molecule has 0 aliphatic carbocycles. The number of aromatic nitrogens is 1. The minimum Gasteiger partial charge on any atom is -0.505 e. The van der Waals surface area contributed by atoms with E-state index in [-0.39, 0.29) is 43.7 Å². The first-order valence-corrected chi connectivity index (χ1v) is 26.2. The average molecular weight is 1040 g/mol. The van der Waals surface area contributed by atoms with Crippen LogP contribution in [0.15, 0.2) is 83.9 Å². The number of carbonyl (C=O) groups is 8. The Labute approximate surface area is 436 Å². The maximum absolute atomic E-state index is 15.6. The molecular weight excluding hydrogens is 969 g/mol. The molecule has 2 aromatic carbocycles. The first kappa shape index (κ1) is 54.9. The maximum atomic E-state index is 15.6. The SMILES string of the molecule is CC[C@H]1NC(=O)[C@@H](NC(=O)c2ncccc2O)[C@@H](C)OC(=O)[C@H](c2ccccc2)NC(=O)[C@@H]2CC(=O)/C(=C\SCCN3CCN(C)CC3)CN2C(=O)[C@H](Cc2ccc(N(C)C)cc2)N(C)C(=O)[C@@H]2CCCN2C1=O. The van der Waals surface area contributed by atoms with Gasteiger partial charge >= 0.3 is 5.97 Å².